The van der Waals surface area contributed by atoms with Crippen molar-refractivity contribution in [3.63, 3.8) is 0 Å². The summed E-state index contributed by atoms with van der Waals surface area (Å²) in [7, 11) is 1.79. The number of unbranched alkanes of at least 4 members (excludes halogenated alkanes) is 1. The van der Waals surface area contributed by atoms with Gasteiger partial charge < -0.3 is 43.7 Å². The number of nitrogens with one attached hydrogen (secondary N) is 1. The normalized spacial score (nSPS) is 16.5. The van der Waals surface area contributed by atoms with Gasteiger partial charge >= 0.3 is 0 Å². The van der Waals surface area contributed by atoms with Gasteiger partial charge in [0.05, 0.1) is 51.8 Å². The van der Waals surface area contributed by atoms with Crippen LogP contribution in [0.2, 0.25) is 0 Å². The summed E-state index contributed by atoms with van der Waals surface area (Å²) in [6.07, 6.45) is 48.3. The lowest BCUT2D eigenvalue weighted by molar-refractivity contribution is -0.118. The first-order chi connectivity index (χ1) is 57.6. The van der Waals surface area contributed by atoms with Gasteiger partial charge in [0.1, 0.15) is 52.6 Å². The van der Waals surface area contributed by atoms with Crippen molar-refractivity contribution in [3.05, 3.63) is 179 Å². The molecule has 10 nitrogen and oxygen atoms in total. The molecule has 11 rings (SSSR count). The van der Waals surface area contributed by atoms with Crippen molar-refractivity contribution in [2.75, 3.05) is 46.8 Å². The first kappa shape index (κ1) is 100. The third-order valence-corrected chi connectivity index (χ3v) is 24.2. The molecule has 658 valence electrons. The van der Waals surface area contributed by atoms with E-state index < -0.39 is 18.4 Å². The third-order valence-electron chi connectivity index (χ3n) is 24.2. The zero-order chi connectivity index (χ0) is 84.4. The van der Waals surface area contributed by atoms with Crippen molar-refractivity contribution in [1.82, 2.24) is 0 Å². The first-order valence-corrected chi connectivity index (χ1v) is 47.5. The van der Waals surface area contributed by atoms with Crippen LogP contribution in [0.4, 0.5) is 8.78 Å². The van der Waals surface area contributed by atoms with Crippen LogP contribution in [0.1, 0.15) is 364 Å². The number of alkyl halides is 2. The molecular weight excluding hydrogens is 1470 g/mol. The Balaban J connectivity index is 0.000000220. The SMILES string of the molecule is CC(=N)CCC[C@@H](O)c1cccc(OCC2CCCCC2)c1.CCC(=O)Cc1cccc(OCC2CCCCC2)c1.CCC(F)Cc1cccc(OCC2CCCCC2)c1.CCCC(F)c1cccc(OCC2CCCCC2)c1.CCCC(OC)c1cccc(OCC2CCCCC2)c1.CCCCc1cccc(OCC(CCC)CCC)c1. The highest BCUT2D eigenvalue weighted by atomic mass is 19.1. The molecule has 4 atom stereocenters. The number of halogens is 2. The average Bonchev–Trinajstić information content (AvgIpc) is 0.883. The van der Waals surface area contributed by atoms with Gasteiger partial charge in [-0.25, -0.2) is 8.78 Å². The minimum absolute atomic E-state index is 0.193. The van der Waals surface area contributed by atoms with E-state index in [-0.39, 0.29) is 11.9 Å². The van der Waals surface area contributed by atoms with Gasteiger partial charge in [-0.1, -0.05) is 250 Å². The summed E-state index contributed by atoms with van der Waals surface area (Å²) < 4.78 is 68.4. The maximum atomic E-state index is 13.9. The highest BCUT2D eigenvalue weighted by Gasteiger charge is 2.21. The molecule has 0 bridgehead atoms. The summed E-state index contributed by atoms with van der Waals surface area (Å²) in [6, 6.07) is 48.3. The van der Waals surface area contributed by atoms with Crippen molar-refractivity contribution in [2.45, 2.75) is 356 Å². The number of aliphatic hydroxyl groups excluding tert-OH is 1. The van der Waals surface area contributed by atoms with Crippen LogP contribution in [0.25, 0.3) is 0 Å². The second-order valence-corrected chi connectivity index (χ2v) is 34.8. The lowest BCUT2D eigenvalue weighted by Gasteiger charge is -2.22. The van der Waals surface area contributed by atoms with Crippen LogP contribution in [0, 0.1) is 40.9 Å². The van der Waals surface area contributed by atoms with E-state index in [9.17, 15) is 18.7 Å². The fourth-order valence-corrected chi connectivity index (χ4v) is 16.9. The van der Waals surface area contributed by atoms with E-state index in [2.05, 4.69) is 76.2 Å². The quantitative estimate of drug-likeness (QED) is 0.0360. The molecule has 6 aromatic carbocycles. The second-order valence-electron chi connectivity index (χ2n) is 34.8. The molecule has 0 radical (unpaired) electrons. The summed E-state index contributed by atoms with van der Waals surface area (Å²) in [4.78, 5) is 11.5. The molecular formula is C106H161F2NO9. The number of carbonyl (C=O) groups is 1. The second kappa shape index (κ2) is 62.4. The number of aliphatic hydroxyl groups is 1. The summed E-state index contributed by atoms with van der Waals surface area (Å²) in [6.45, 7) is 21.5. The largest absolute Gasteiger partial charge is 0.493 e. The Hall–Kier alpha value is -6.76. The maximum absolute atomic E-state index is 13.9. The van der Waals surface area contributed by atoms with Gasteiger partial charge in [-0.05, 0) is 277 Å². The van der Waals surface area contributed by atoms with E-state index in [1.165, 1.54) is 217 Å². The van der Waals surface area contributed by atoms with Gasteiger partial charge in [0, 0.05) is 32.1 Å². The van der Waals surface area contributed by atoms with Gasteiger partial charge in [0.15, 0.2) is 0 Å². The van der Waals surface area contributed by atoms with Crippen LogP contribution < -0.4 is 28.4 Å². The molecule has 5 fully saturated rings. The van der Waals surface area contributed by atoms with Crippen LogP contribution in [0.15, 0.2) is 146 Å². The molecule has 0 heterocycles. The van der Waals surface area contributed by atoms with Crippen molar-refractivity contribution in [2.24, 2.45) is 35.5 Å². The average molecular weight is 1630 g/mol. The van der Waals surface area contributed by atoms with Crippen LogP contribution in [-0.2, 0) is 28.8 Å². The highest BCUT2D eigenvalue weighted by Crippen LogP contribution is 2.34. The van der Waals surface area contributed by atoms with Crippen LogP contribution in [0.5, 0.6) is 34.5 Å². The lowest BCUT2D eigenvalue weighted by Crippen LogP contribution is -2.15. The molecule has 12 heteroatoms. The molecule has 6 aromatic rings. The fourth-order valence-electron chi connectivity index (χ4n) is 16.9. The van der Waals surface area contributed by atoms with Crippen molar-refractivity contribution >= 4 is 11.5 Å². The lowest BCUT2D eigenvalue weighted by atomic mass is 9.90. The maximum Gasteiger partial charge on any atom is 0.136 e. The topological polar surface area (TPSA) is 126 Å². The molecule has 118 heavy (non-hydrogen) atoms. The third kappa shape index (κ3) is 43.6. The van der Waals surface area contributed by atoms with Crippen molar-refractivity contribution in [3.8, 4) is 34.5 Å². The number of rotatable bonds is 43. The molecule has 0 aromatic heterocycles. The van der Waals surface area contributed by atoms with Crippen LogP contribution in [0.3, 0.4) is 0 Å². The number of carbonyl (C=O) groups excluding carboxylic acids is 1. The Kier molecular flexibility index (Phi) is 52.9. The minimum atomic E-state index is -0.858. The van der Waals surface area contributed by atoms with Crippen LogP contribution >= 0.6 is 0 Å². The number of ether oxygens (including phenoxy) is 7. The number of methoxy groups -OCH3 is 1. The molecule has 5 aliphatic rings. The number of hydrogen-bond donors (Lipinski definition) is 2. The summed E-state index contributed by atoms with van der Waals surface area (Å²) in [5.41, 5.74) is 7.09. The van der Waals surface area contributed by atoms with E-state index in [1.54, 1.807) is 7.11 Å². The van der Waals surface area contributed by atoms with Crippen molar-refractivity contribution in [1.29, 1.82) is 5.41 Å². The Morgan fingerprint density at radius 1 is 0.415 bits per heavy atom. The summed E-state index contributed by atoms with van der Waals surface area (Å²) >= 11 is 0. The van der Waals surface area contributed by atoms with E-state index in [1.807, 2.05) is 125 Å². The molecule has 5 aliphatic carbocycles. The number of ketones is 1. The zero-order valence-electron chi connectivity index (χ0n) is 75.2. The Labute approximate surface area is 716 Å². The monoisotopic (exact) mass is 1630 g/mol. The molecule has 2 N–H and O–H groups in total. The van der Waals surface area contributed by atoms with Crippen LogP contribution in [-0.4, -0.2) is 69.5 Å². The summed E-state index contributed by atoms with van der Waals surface area (Å²) in [5.74, 6) is 10.1. The van der Waals surface area contributed by atoms with Gasteiger partial charge in [0.25, 0.3) is 0 Å². The predicted molar refractivity (Wildman–Crippen MR) is 490 cm³/mol. The minimum Gasteiger partial charge on any atom is -0.493 e. The van der Waals surface area contributed by atoms with Crippen molar-refractivity contribution < 1.29 is 51.8 Å². The summed E-state index contributed by atoms with van der Waals surface area (Å²) in [5, 5.41) is 17.7. The van der Waals surface area contributed by atoms with Gasteiger partial charge in [-0.3, -0.25) is 4.79 Å². The standard InChI is InChI=1S/C19H29NO2.C18H28O2.C18H30O.2C17H25FO.C17H24O2/c1-15(20)7-5-12-19(21)17-10-6-11-18(13-17)22-14-16-8-3-2-4-9-16;1-3-8-18(19-2)16-11-7-12-17(13-16)20-14-15-9-5-4-6-10-15;1-4-7-11-16-12-8-13-18(14-16)19-15-17(9-5-2)10-6-3;1-2-16(18)11-15-9-6-10-17(12-15)19-13-14-7-4-3-5-8-14;1-2-7-17(18)15-10-6-11-16(12-15)19-13-14-8-4-3-5-9-14;1-2-16(18)11-15-9-6-10-17(12-15)19-13-14-7-4-3-5-8-14/h6,10-11,13,16,19-21H,2-5,7-9,12,14H2,1H3;7,11-13,15,18H,3-6,8-10,14H2,1-2H3;8,12-14,17H,4-7,9-11,15H2,1-3H3;6,9-10,12,14,16H,2-5,7-8,11,13H2,1H3;6,10-12,14,17H,2-5,7-9,13H2,1H3;6,9-10,12,14H,2-5,7-8,11,13H2,1H3/t19-;;;;;/m1...../s1. The van der Waals surface area contributed by atoms with E-state index >= 15 is 0 Å². The number of benzene rings is 6. The Morgan fingerprint density at radius 3 is 1.19 bits per heavy atom. The highest BCUT2D eigenvalue weighted by molar-refractivity contribution is 5.80. The fraction of sp³-hybridized carbons (Fsp3) is 0.642. The zero-order valence-corrected chi connectivity index (χ0v) is 75.2. The van der Waals surface area contributed by atoms with E-state index in [4.69, 9.17) is 38.6 Å². The Bertz CT molecular complexity index is 3510. The molecule has 0 spiro atoms. The smallest absolute Gasteiger partial charge is 0.136 e. The number of aryl methyl sites for hydroxylation is 1. The predicted octanol–water partition coefficient (Wildman–Crippen LogP) is 30.2. The number of hydrogen-bond acceptors (Lipinski definition) is 10. The van der Waals surface area contributed by atoms with E-state index in [0.29, 0.717) is 67.9 Å². The van der Waals surface area contributed by atoms with Gasteiger partial charge in [-0.15, -0.1) is 0 Å². The Morgan fingerprint density at radius 2 is 0.780 bits per heavy atom. The molecule has 3 unspecified atom stereocenters. The van der Waals surface area contributed by atoms with Gasteiger partial charge in [0.2, 0.25) is 0 Å². The first-order valence-electron chi connectivity index (χ1n) is 47.5. The number of Topliss-reactive ketones (excluding diaryl/α,β-unsaturated/α-hetero) is 1. The van der Waals surface area contributed by atoms with E-state index in [0.717, 1.165) is 140 Å². The van der Waals surface area contributed by atoms with Gasteiger partial charge in [-0.2, -0.15) is 0 Å². The molecule has 0 aliphatic heterocycles. The molecule has 5 saturated carbocycles. The molecule has 0 amide bonds. The molecule has 0 saturated heterocycles.